The molecule has 26 heavy (non-hydrogen) atoms. The number of nitrogens with one attached hydrogen (secondary N) is 3. The summed E-state index contributed by atoms with van der Waals surface area (Å²) in [5, 5.41) is 18.5. The van der Waals surface area contributed by atoms with Gasteiger partial charge in [-0.15, -0.1) is 0 Å². The molecule has 0 bridgehead atoms. The molecule has 7 nitrogen and oxygen atoms in total. The van der Waals surface area contributed by atoms with Crippen molar-refractivity contribution in [2.75, 3.05) is 38.7 Å². The molecule has 0 fully saturated rings. The molecule has 0 aliphatic carbocycles. The van der Waals surface area contributed by atoms with Crippen LogP contribution in [0.15, 0.2) is 54.6 Å². The zero-order chi connectivity index (χ0) is 18.6. The minimum absolute atomic E-state index is 0.148. The van der Waals surface area contributed by atoms with Crippen molar-refractivity contribution in [3.63, 3.8) is 0 Å². The third-order valence-corrected chi connectivity index (χ3v) is 3.50. The summed E-state index contributed by atoms with van der Waals surface area (Å²) in [4.78, 5) is 11.7. The van der Waals surface area contributed by atoms with Crippen LogP contribution >= 0.6 is 0 Å². The van der Waals surface area contributed by atoms with Gasteiger partial charge in [-0.2, -0.15) is 0 Å². The summed E-state index contributed by atoms with van der Waals surface area (Å²) in [6.07, 6.45) is -0.668. The van der Waals surface area contributed by atoms with Crippen molar-refractivity contribution in [3.05, 3.63) is 54.6 Å². The van der Waals surface area contributed by atoms with Gasteiger partial charge in [0.05, 0.1) is 7.11 Å². The third kappa shape index (κ3) is 7.00. The van der Waals surface area contributed by atoms with Gasteiger partial charge in [0.15, 0.2) is 11.5 Å². The Morgan fingerprint density at radius 2 is 1.73 bits per heavy atom. The van der Waals surface area contributed by atoms with E-state index in [2.05, 4.69) is 16.0 Å². The molecule has 1 atom stereocenters. The molecule has 0 spiro atoms. The van der Waals surface area contributed by atoms with E-state index in [0.29, 0.717) is 31.1 Å². The third-order valence-electron chi connectivity index (χ3n) is 3.50. The van der Waals surface area contributed by atoms with E-state index in [9.17, 15) is 9.90 Å². The number of aliphatic hydroxyl groups is 1. The van der Waals surface area contributed by atoms with Crippen molar-refractivity contribution in [1.29, 1.82) is 0 Å². The SMILES string of the molecule is COc1ccccc1OCC(O)CNCCNC(=O)Nc1ccccc1. The van der Waals surface area contributed by atoms with Crippen LogP contribution in [0.4, 0.5) is 10.5 Å². The van der Waals surface area contributed by atoms with Gasteiger partial charge >= 0.3 is 6.03 Å². The Bertz CT molecular complexity index is 667. The fourth-order valence-electron chi connectivity index (χ4n) is 2.21. The number of hydrogen-bond acceptors (Lipinski definition) is 5. The molecule has 0 saturated heterocycles. The van der Waals surface area contributed by atoms with Crippen molar-refractivity contribution < 1.29 is 19.4 Å². The summed E-state index contributed by atoms with van der Waals surface area (Å²) in [6, 6.07) is 16.2. The second-order valence-electron chi connectivity index (χ2n) is 5.57. The van der Waals surface area contributed by atoms with Gasteiger partial charge in [0.1, 0.15) is 12.7 Å². The highest BCUT2D eigenvalue weighted by atomic mass is 16.5. The van der Waals surface area contributed by atoms with Gasteiger partial charge in [0.2, 0.25) is 0 Å². The van der Waals surface area contributed by atoms with E-state index in [1.807, 2.05) is 42.5 Å². The predicted octanol–water partition coefficient (Wildman–Crippen LogP) is 1.85. The first-order chi connectivity index (χ1) is 12.7. The average Bonchev–Trinajstić information content (AvgIpc) is 2.67. The van der Waals surface area contributed by atoms with Crippen molar-refractivity contribution in [1.82, 2.24) is 10.6 Å². The zero-order valence-corrected chi connectivity index (χ0v) is 14.8. The maximum absolute atomic E-state index is 11.7. The van der Waals surface area contributed by atoms with Crippen LogP contribution < -0.4 is 25.4 Å². The van der Waals surface area contributed by atoms with E-state index in [4.69, 9.17) is 9.47 Å². The summed E-state index contributed by atoms with van der Waals surface area (Å²) in [7, 11) is 1.57. The van der Waals surface area contributed by atoms with Gasteiger partial charge in [0, 0.05) is 25.3 Å². The Morgan fingerprint density at radius 3 is 2.46 bits per heavy atom. The molecule has 0 radical (unpaired) electrons. The lowest BCUT2D eigenvalue weighted by molar-refractivity contribution is 0.105. The molecule has 0 aliphatic heterocycles. The van der Waals surface area contributed by atoms with Crippen LogP contribution in [0, 0.1) is 0 Å². The summed E-state index contributed by atoms with van der Waals surface area (Å²) in [5.41, 5.74) is 0.738. The number of rotatable bonds is 10. The number of benzene rings is 2. The number of para-hydroxylation sites is 3. The molecule has 2 rings (SSSR count). The number of aliphatic hydroxyl groups excluding tert-OH is 1. The molecule has 0 heterocycles. The quantitative estimate of drug-likeness (QED) is 0.486. The lowest BCUT2D eigenvalue weighted by Crippen LogP contribution is -2.38. The number of amides is 2. The Kier molecular flexibility index (Phi) is 8.25. The highest BCUT2D eigenvalue weighted by Crippen LogP contribution is 2.25. The largest absolute Gasteiger partial charge is 0.493 e. The van der Waals surface area contributed by atoms with Gasteiger partial charge in [0.25, 0.3) is 0 Å². The summed E-state index contributed by atoms with van der Waals surface area (Å²) < 4.78 is 10.7. The van der Waals surface area contributed by atoms with E-state index < -0.39 is 6.10 Å². The minimum atomic E-state index is -0.668. The first-order valence-electron chi connectivity index (χ1n) is 8.43. The Hall–Kier alpha value is -2.77. The monoisotopic (exact) mass is 359 g/mol. The fourth-order valence-corrected chi connectivity index (χ4v) is 2.21. The number of anilines is 1. The molecule has 0 aromatic heterocycles. The average molecular weight is 359 g/mol. The van der Waals surface area contributed by atoms with Crippen molar-refractivity contribution >= 4 is 11.7 Å². The number of ether oxygens (including phenoxy) is 2. The van der Waals surface area contributed by atoms with E-state index in [0.717, 1.165) is 5.69 Å². The Balaban J connectivity index is 1.56. The van der Waals surface area contributed by atoms with E-state index in [-0.39, 0.29) is 12.6 Å². The molecular weight excluding hydrogens is 334 g/mol. The standard InChI is InChI=1S/C19H25N3O4/c1-25-17-9-5-6-10-18(17)26-14-16(23)13-20-11-12-21-19(24)22-15-7-3-2-4-8-15/h2-10,16,20,23H,11-14H2,1H3,(H2,21,22,24). The number of carbonyl (C=O) groups is 1. The second kappa shape index (κ2) is 11.0. The second-order valence-corrected chi connectivity index (χ2v) is 5.57. The van der Waals surface area contributed by atoms with Crippen LogP contribution in [0.5, 0.6) is 11.5 Å². The Labute approximate surface area is 153 Å². The number of urea groups is 1. The van der Waals surface area contributed by atoms with Gasteiger partial charge in [-0.05, 0) is 24.3 Å². The number of hydrogen-bond donors (Lipinski definition) is 4. The number of carbonyl (C=O) groups excluding carboxylic acids is 1. The number of methoxy groups -OCH3 is 1. The lowest BCUT2D eigenvalue weighted by Gasteiger charge is -2.15. The van der Waals surface area contributed by atoms with E-state index in [1.54, 1.807) is 19.2 Å². The van der Waals surface area contributed by atoms with E-state index in [1.165, 1.54) is 0 Å². The topological polar surface area (TPSA) is 91.8 Å². The molecule has 2 aromatic rings. The first kappa shape index (κ1) is 19.6. The fraction of sp³-hybridized carbons (Fsp3) is 0.316. The molecule has 1 unspecified atom stereocenters. The normalized spacial score (nSPS) is 11.5. The molecule has 0 saturated carbocycles. The summed E-state index contributed by atoms with van der Waals surface area (Å²) in [5.74, 6) is 1.22. The van der Waals surface area contributed by atoms with Gasteiger partial charge in [-0.25, -0.2) is 4.79 Å². The smallest absolute Gasteiger partial charge is 0.319 e. The molecule has 2 amide bonds. The van der Waals surface area contributed by atoms with Crippen molar-refractivity contribution in [3.8, 4) is 11.5 Å². The molecule has 7 heteroatoms. The first-order valence-corrected chi connectivity index (χ1v) is 8.43. The maximum atomic E-state index is 11.7. The lowest BCUT2D eigenvalue weighted by atomic mass is 10.3. The highest BCUT2D eigenvalue weighted by molar-refractivity contribution is 5.89. The van der Waals surface area contributed by atoms with Crippen LogP contribution in [0.25, 0.3) is 0 Å². The Morgan fingerprint density at radius 1 is 1.04 bits per heavy atom. The summed E-state index contributed by atoms with van der Waals surface area (Å²) in [6.45, 7) is 1.49. The van der Waals surface area contributed by atoms with Crippen molar-refractivity contribution in [2.45, 2.75) is 6.10 Å². The van der Waals surface area contributed by atoms with Crippen molar-refractivity contribution in [2.24, 2.45) is 0 Å². The van der Waals surface area contributed by atoms with E-state index >= 15 is 0 Å². The predicted molar refractivity (Wildman–Crippen MR) is 101 cm³/mol. The van der Waals surface area contributed by atoms with Crippen LogP contribution in [-0.4, -0.2) is 50.6 Å². The van der Waals surface area contributed by atoms with Gasteiger partial charge in [-0.3, -0.25) is 0 Å². The summed E-state index contributed by atoms with van der Waals surface area (Å²) >= 11 is 0. The molecule has 2 aromatic carbocycles. The van der Waals surface area contributed by atoms with Crippen LogP contribution in [0.1, 0.15) is 0 Å². The van der Waals surface area contributed by atoms with Crippen LogP contribution in [-0.2, 0) is 0 Å². The molecule has 140 valence electrons. The zero-order valence-electron chi connectivity index (χ0n) is 14.8. The minimum Gasteiger partial charge on any atom is -0.493 e. The highest BCUT2D eigenvalue weighted by Gasteiger charge is 2.08. The molecular formula is C19H25N3O4. The van der Waals surface area contributed by atoms with Gasteiger partial charge in [-0.1, -0.05) is 30.3 Å². The van der Waals surface area contributed by atoms with Crippen LogP contribution in [0.2, 0.25) is 0 Å². The van der Waals surface area contributed by atoms with Gasteiger partial charge < -0.3 is 30.5 Å². The van der Waals surface area contributed by atoms with Crippen LogP contribution in [0.3, 0.4) is 0 Å². The maximum Gasteiger partial charge on any atom is 0.319 e. The molecule has 4 N–H and O–H groups in total. The molecule has 0 aliphatic rings.